The highest BCUT2D eigenvalue weighted by Gasteiger charge is 2.19. The number of hydrogen-bond donors (Lipinski definition) is 1. The van der Waals surface area contributed by atoms with Crippen molar-refractivity contribution in [1.82, 2.24) is 9.88 Å². The van der Waals surface area contributed by atoms with Gasteiger partial charge in [-0.05, 0) is 36.4 Å². The molecule has 0 unspecified atom stereocenters. The van der Waals surface area contributed by atoms with Gasteiger partial charge < -0.3 is 10.2 Å². The monoisotopic (exact) mass is 348 g/mol. The van der Waals surface area contributed by atoms with Gasteiger partial charge in [-0.3, -0.25) is 9.69 Å². The highest BCUT2D eigenvalue weighted by molar-refractivity contribution is 6.30. The minimum atomic E-state index is -0.232. The summed E-state index contributed by atoms with van der Waals surface area (Å²) in [6, 6.07) is 9.86. The molecule has 0 bridgehead atoms. The van der Waals surface area contributed by atoms with Crippen LogP contribution in [0.1, 0.15) is 0 Å². The van der Waals surface area contributed by atoms with Crippen LogP contribution in [-0.4, -0.2) is 48.5 Å². The van der Waals surface area contributed by atoms with Crippen LogP contribution < -0.4 is 10.2 Å². The van der Waals surface area contributed by atoms with Crippen LogP contribution in [0.15, 0.2) is 42.6 Å². The summed E-state index contributed by atoms with van der Waals surface area (Å²) in [5.41, 5.74) is 1.01. The van der Waals surface area contributed by atoms with Gasteiger partial charge in [-0.15, -0.1) is 0 Å². The molecule has 3 rings (SSSR count). The average Bonchev–Trinajstić information content (AvgIpc) is 2.58. The normalized spacial score (nSPS) is 15.3. The number of nitrogens with one attached hydrogen (secondary N) is 1. The Morgan fingerprint density at radius 3 is 2.46 bits per heavy atom. The predicted molar refractivity (Wildman–Crippen MR) is 92.9 cm³/mol. The molecule has 7 heteroatoms. The Bertz CT molecular complexity index is 685. The number of aromatic nitrogens is 1. The smallest absolute Gasteiger partial charge is 0.239 e. The molecule has 0 spiro atoms. The lowest BCUT2D eigenvalue weighted by atomic mass is 10.2. The van der Waals surface area contributed by atoms with E-state index in [4.69, 9.17) is 11.6 Å². The standard InChI is InChI=1S/C17H18ClFN4O/c18-13-1-6-16(20-11-13)21-17(24)12-22-7-9-23(10-8-22)15-4-2-14(19)3-5-15/h1-6,11H,7-10,12H2,(H,20,21,24). The molecule has 1 aliphatic rings. The van der Waals surface area contributed by atoms with Gasteiger partial charge in [0, 0.05) is 38.1 Å². The quantitative estimate of drug-likeness (QED) is 0.922. The molecular formula is C17H18ClFN4O. The van der Waals surface area contributed by atoms with E-state index in [0.29, 0.717) is 17.4 Å². The fraction of sp³-hybridized carbons (Fsp3) is 0.294. The van der Waals surface area contributed by atoms with Gasteiger partial charge in [0.05, 0.1) is 11.6 Å². The second-order valence-electron chi connectivity index (χ2n) is 5.65. The summed E-state index contributed by atoms with van der Waals surface area (Å²) in [5.74, 6) is 0.166. The number of piperazine rings is 1. The number of anilines is 2. The Hall–Kier alpha value is -2.18. The maximum Gasteiger partial charge on any atom is 0.239 e. The van der Waals surface area contributed by atoms with Crippen LogP contribution in [0.4, 0.5) is 15.9 Å². The van der Waals surface area contributed by atoms with Crippen molar-refractivity contribution in [2.24, 2.45) is 0 Å². The maximum absolute atomic E-state index is 13.0. The first-order valence-corrected chi connectivity index (χ1v) is 8.12. The Labute approximate surface area is 145 Å². The van der Waals surface area contributed by atoms with Crippen molar-refractivity contribution in [3.05, 3.63) is 53.4 Å². The molecular weight excluding hydrogens is 331 g/mol. The third-order valence-corrected chi connectivity index (χ3v) is 4.15. The zero-order chi connectivity index (χ0) is 16.9. The molecule has 0 radical (unpaired) electrons. The maximum atomic E-state index is 13.0. The summed E-state index contributed by atoms with van der Waals surface area (Å²) in [6.45, 7) is 3.48. The van der Waals surface area contributed by atoms with Gasteiger partial charge in [0.25, 0.3) is 0 Å². The van der Waals surface area contributed by atoms with E-state index in [1.807, 2.05) is 0 Å². The van der Waals surface area contributed by atoms with Crippen LogP contribution in [0, 0.1) is 5.82 Å². The summed E-state index contributed by atoms with van der Waals surface area (Å²) in [4.78, 5) is 20.4. The van der Waals surface area contributed by atoms with E-state index in [1.54, 1.807) is 24.3 Å². The highest BCUT2D eigenvalue weighted by Crippen LogP contribution is 2.17. The van der Waals surface area contributed by atoms with Crippen molar-refractivity contribution in [3.8, 4) is 0 Å². The lowest BCUT2D eigenvalue weighted by Gasteiger charge is -2.35. The van der Waals surface area contributed by atoms with E-state index in [-0.39, 0.29) is 11.7 Å². The largest absolute Gasteiger partial charge is 0.369 e. The second kappa shape index (κ2) is 7.59. The SMILES string of the molecule is O=C(CN1CCN(c2ccc(F)cc2)CC1)Nc1ccc(Cl)cn1. The molecule has 24 heavy (non-hydrogen) atoms. The minimum Gasteiger partial charge on any atom is -0.369 e. The van der Waals surface area contributed by atoms with Gasteiger partial charge in [-0.25, -0.2) is 9.37 Å². The first-order valence-electron chi connectivity index (χ1n) is 7.74. The summed E-state index contributed by atoms with van der Waals surface area (Å²) < 4.78 is 13.0. The fourth-order valence-electron chi connectivity index (χ4n) is 2.65. The van der Waals surface area contributed by atoms with Crippen molar-refractivity contribution < 1.29 is 9.18 Å². The molecule has 1 N–H and O–H groups in total. The number of rotatable bonds is 4. The van der Waals surface area contributed by atoms with E-state index in [2.05, 4.69) is 20.1 Å². The van der Waals surface area contributed by atoms with Crippen molar-refractivity contribution in [1.29, 1.82) is 0 Å². The van der Waals surface area contributed by atoms with Crippen LogP contribution in [-0.2, 0) is 4.79 Å². The fourth-order valence-corrected chi connectivity index (χ4v) is 2.76. The van der Waals surface area contributed by atoms with Crippen LogP contribution in [0.25, 0.3) is 0 Å². The summed E-state index contributed by atoms with van der Waals surface area (Å²) >= 11 is 5.77. The summed E-state index contributed by atoms with van der Waals surface area (Å²) in [7, 11) is 0. The van der Waals surface area contributed by atoms with Crippen molar-refractivity contribution in [2.45, 2.75) is 0 Å². The van der Waals surface area contributed by atoms with Crippen molar-refractivity contribution in [2.75, 3.05) is 42.9 Å². The van der Waals surface area contributed by atoms with Crippen LogP contribution in [0.2, 0.25) is 5.02 Å². The Morgan fingerprint density at radius 1 is 1.12 bits per heavy atom. The predicted octanol–water partition coefficient (Wildman–Crippen LogP) is 2.63. The highest BCUT2D eigenvalue weighted by atomic mass is 35.5. The summed E-state index contributed by atoms with van der Waals surface area (Å²) in [5, 5.41) is 3.29. The van der Waals surface area contributed by atoms with Gasteiger partial charge in [0.15, 0.2) is 0 Å². The molecule has 2 heterocycles. The second-order valence-corrected chi connectivity index (χ2v) is 6.09. The molecule has 126 valence electrons. The Kier molecular flexibility index (Phi) is 5.27. The third-order valence-electron chi connectivity index (χ3n) is 3.93. The van der Waals surface area contributed by atoms with E-state index in [1.165, 1.54) is 18.3 Å². The van der Waals surface area contributed by atoms with E-state index in [0.717, 1.165) is 31.9 Å². The Balaban J connectivity index is 1.47. The molecule has 1 amide bonds. The number of nitrogens with zero attached hydrogens (tertiary/aromatic N) is 3. The number of pyridine rings is 1. The number of amides is 1. The van der Waals surface area contributed by atoms with E-state index in [9.17, 15) is 9.18 Å². The molecule has 2 aromatic rings. The zero-order valence-electron chi connectivity index (χ0n) is 13.1. The number of carbonyl (C=O) groups is 1. The molecule has 0 aliphatic carbocycles. The molecule has 0 atom stereocenters. The third kappa shape index (κ3) is 4.43. The average molecular weight is 349 g/mol. The van der Waals surface area contributed by atoms with E-state index < -0.39 is 0 Å². The van der Waals surface area contributed by atoms with Crippen LogP contribution in [0.5, 0.6) is 0 Å². The zero-order valence-corrected chi connectivity index (χ0v) is 13.8. The molecule has 0 saturated carbocycles. The molecule has 1 aromatic carbocycles. The van der Waals surface area contributed by atoms with Gasteiger partial charge in [0.2, 0.25) is 5.91 Å². The van der Waals surface area contributed by atoms with Crippen molar-refractivity contribution in [3.63, 3.8) is 0 Å². The molecule has 1 fully saturated rings. The molecule has 1 aliphatic heterocycles. The number of carbonyl (C=O) groups excluding carboxylic acids is 1. The number of halogens is 2. The molecule has 1 aromatic heterocycles. The van der Waals surface area contributed by atoms with Crippen LogP contribution in [0.3, 0.4) is 0 Å². The van der Waals surface area contributed by atoms with E-state index >= 15 is 0 Å². The number of benzene rings is 1. The molecule has 5 nitrogen and oxygen atoms in total. The number of hydrogen-bond acceptors (Lipinski definition) is 4. The van der Waals surface area contributed by atoms with Gasteiger partial charge in [0.1, 0.15) is 11.6 Å². The lowest BCUT2D eigenvalue weighted by Crippen LogP contribution is -2.48. The first-order chi connectivity index (χ1) is 11.6. The topological polar surface area (TPSA) is 48.5 Å². The summed E-state index contributed by atoms with van der Waals surface area (Å²) in [6.07, 6.45) is 1.50. The van der Waals surface area contributed by atoms with Crippen LogP contribution >= 0.6 is 11.6 Å². The van der Waals surface area contributed by atoms with Gasteiger partial charge in [-0.2, -0.15) is 0 Å². The van der Waals surface area contributed by atoms with Gasteiger partial charge >= 0.3 is 0 Å². The van der Waals surface area contributed by atoms with Gasteiger partial charge in [-0.1, -0.05) is 11.6 Å². The Morgan fingerprint density at radius 2 is 1.83 bits per heavy atom. The van der Waals surface area contributed by atoms with Crippen molar-refractivity contribution >= 4 is 29.0 Å². The minimum absolute atomic E-state index is 0.0972. The molecule has 1 saturated heterocycles. The lowest BCUT2D eigenvalue weighted by molar-refractivity contribution is -0.117. The first kappa shape index (κ1) is 16.7.